The summed E-state index contributed by atoms with van der Waals surface area (Å²) in [5.74, 6) is 0. The number of benzene rings is 1. The number of hydrogen-bond donors (Lipinski definition) is 0. The Balaban J connectivity index is 0.000000980. The topological polar surface area (TPSA) is 3.01 Å². The Morgan fingerprint density at radius 3 is 2.50 bits per heavy atom. The highest BCUT2D eigenvalue weighted by Gasteiger charge is 2.35. The van der Waals surface area contributed by atoms with Crippen LogP contribution in [-0.4, -0.2) is 17.3 Å². The van der Waals surface area contributed by atoms with E-state index < -0.39 is 0 Å². The first-order valence-electron chi connectivity index (χ1n) is 4.87. The lowest BCUT2D eigenvalue weighted by atomic mass is 9.87. The van der Waals surface area contributed by atoms with Gasteiger partial charge < -0.3 is 12.4 Å². The Labute approximate surface area is 91.9 Å². The summed E-state index contributed by atoms with van der Waals surface area (Å²) >= 11 is 0. The molecule has 0 bridgehead atoms. The highest BCUT2D eigenvalue weighted by Crippen LogP contribution is 2.35. The molecule has 0 aromatic heterocycles. The summed E-state index contributed by atoms with van der Waals surface area (Å²) in [5, 5.41) is 0. The van der Waals surface area contributed by atoms with Gasteiger partial charge in [-0.3, -0.25) is 0 Å². The van der Waals surface area contributed by atoms with Crippen molar-refractivity contribution in [3.05, 3.63) is 29.8 Å². The minimum Gasteiger partial charge on any atom is -1.00 e. The maximum Gasteiger partial charge on any atom is 0.209 e. The van der Waals surface area contributed by atoms with Crippen molar-refractivity contribution >= 4 is 11.9 Å². The van der Waals surface area contributed by atoms with E-state index in [4.69, 9.17) is 0 Å². The molecule has 1 aromatic rings. The van der Waals surface area contributed by atoms with Crippen LogP contribution in [0.15, 0.2) is 24.3 Å². The SMILES string of the molecule is CC[N+]1=CC(C)(C)c2ccccc21.[Cl-]. The molecular formula is C12H16ClN. The van der Waals surface area contributed by atoms with Crippen molar-refractivity contribution in [1.29, 1.82) is 0 Å². The zero-order valence-corrected chi connectivity index (χ0v) is 9.67. The smallest absolute Gasteiger partial charge is 0.209 e. The summed E-state index contributed by atoms with van der Waals surface area (Å²) in [6, 6.07) is 8.65. The number of hydrogen-bond acceptors (Lipinski definition) is 0. The molecule has 2 rings (SSSR count). The molecule has 0 saturated carbocycles. The molecule has 0 atom stereocenters. The number of nitrogens with zero attached hydrogens (tertiary/aromatic N) is 1. The normalized spacial score (nSPS) is 16.9. The van der Waals surface area contributed by atoms with Gasteiger partial charge in [0.1, 0.15) is 6.54 Å². The standard InChI is InChI=1S/C12H16N.ClH/c1-4-13-9-12(2,3)10-7-5-6-8-11(10)13;/h5-9H,4H2,1-3H3;1H/q+1;/p-1. The van der Waals surface area contributed by atoms with Gasteiger partial charge in [-0.2, -0.15) is 0 Å². The number of fused-ring (bicyclic) bond motifs is 1. The average molecular weight is 210 g/mol. The molecule has 0 N–H and O–H groups in total. The van der Waals surface area contributed by atoms with E-state index >= 15 is 0 Å². The van der Waals surface area contributed by atoms with Crippen LogP contribution in [0.4, 0.5) is 5.69 Å². The van der Waals surface area contributed by atoms with Crippen molar-refractivity contribution in [3.8, 4) is 0 Å². The summed E-state index contributed by atoms with van der Waals surface area (Å²) in [6.07, 6.45) is 2.32. The fraction of sp³-hybridized carbons (Fsp3) is 0.417. The quantitative estimate of drug-likeness (QED) is 0.560. The lowest BCUT2D eigenvalue weighted by Crippen LogP contribution is -3.00. The van der Waals surface area contributed by atoms with E-state index in [0.29, 0.717) is 0 Å². The van der Waals surface area contributed by atoms with Crippen molar-refractivity contribution < 1.29 is 17.0 Å². The maximum atomic E-state index is 2.33. The van der Waals surface area contributed by atoms with Crippen LogP contribution in [0.2, 0.25) is 0 Å². The van der Waals surface area contributed by atoms with E-state index in [1.807, 2.05) is 0 Å². The van der Waals surface area contributed by atoms with E-state index in [1.165, 1.54) is 11.3 Å². The molecule has 0 fully saturated rings. The van der Waals surface area contributed by atoms with Gasteiger partial charge in [-0.05, 0) is 20.8 Å². The summed E-state index contributed by atoms with van der Waals surface area (Å²) < 4.78 is 2.33. The monoisotopic (exact) mass is 209 g/mol. The van der Waals surface area contributed by atoms with Gasteiger partial charge in [-0.25, -0.2) is 4.58 Å². The van der Waals surface area contributed by atoms with Gasteiger partial charge in [0.25, 0.3) is 0 Å². The van der Waals surface area contributed by atoms with E-state index in [0.717, 1.165) is 6.54 Å². The van der Waals surface area contributed by atoms with Crippen LogP contribution < -0.4 is 12.4 Å². The van der Waals surface area contributed by atoms with E-state index in [2.05, 4.69) is 55.8 Å². The maximum absolute atomic E-state index is 2.33. The first-order chi connectivity index (χ1) is 6.15. The number of rotatable bonds is 1. The Kier molecular flexibility index (Phi) is 3.01. The molecule has 76 valence electrons. The van der Waals surface area contributed by atoms with Crippen molar-refractivity contribution in [2.45, 2.75) is 26.2 Å². The fourth-order valence-electron chi connectivity index (χ4n) is 2.06. The van der Waals surface area contributed by atoms with Crippen LogP contribution in [0.5, 0.6) is 0 Å². The largest absolute Gasteiger partial charge is 1.00 e. The lowest BCUT2D eigenvalue weighted by Gasteiger charge is -2.09. The minimum atomic E-state index is 0. The summed E-state index contributed by atoms with van der Waals surface area (Å²) in [7, 11) is 0. The van der Waals surface area contributed by atoms with Crippen LogP contribution in [0.3, 0.4) is 0 Å². The predicted octanol–water partition coefficient (Wildman–Crippen LogP) is -0.283. The van der Waals surface area contributed by atoms with Crippen molar-refractivity contribution in [3.63, 3.8) is 0 Å². The first-order valence-corrected chi connectivity index (χ1v) is 4.87. The molecule has 0 amide bonds. The second-order valence-electron chi connectivity index (χ2n) is 4.15. The van der Waals surface area contributed by atoms with E-state index in [-0.39, 0.29) is 17.8 Å². The zero-order valence-electron chi connectivity index (χ0n) is 8.92. The van der Waals surface area contributed by atoms with Crippen molar-refractivity contribution in [1.82, 2.24) is 0 Å². The van der Waals surface area contributed by atoms with Crippen LogP contribution >= 0.6 is 0 Å². The molecular weight excluding hydrogens is 194 g/mol. The zero-order chi connectivity index (χ0) is 9.47. The molecule has 0 spiro atoms. The van der Waals surface area contributed by atoms with Crippen LogP contribution in [0.1, 0.15) is 26.3 Å². The van der Waals surface area contributed by atoms with Gasteiger partial charge >= 0.3 is 0 Å². The second kappa shape index (κ2) is 3.74. The highest BCUT2D eigenvalue weighted by molar-refractivity contribution is 5.76. The van der Waals surface area contributed by atoms with E-state index in [1.54, 1.807) is 0 Å². The van der Waals surface area contributed by atoms with Gasteiger partial charge in [0.2, 0.25) is 5.69 Å². The molecule has 0 radical (unpaired) electrons. The predicted molar refractivity (Wildman–Crippen MR) is 56.0 cm³/mol. The Hall–Kier alpha value is -0.820. The molecule has 2 heteroatoms. The summed E-state index contributed by atoms with van der Waals surface area (Å²) in [5.41, 5.74) is 3.01. The third-order valence-electron chi connectivity index (χ3n) is 2.73. The molecule has 0 saturated heterocycles. The van der Waals surface area contributed by atoms with Gasteiger partial charge in [0.15, 0.2) is 6.21 Å². The number of halogens is 1. The first kappa shape index (κ1) is 11.3. The summed E-state index contributed by atoms with van der Waals surface area (Å²) in [6.45, 7) is 7.78. The fourth-order valence-corrected chi connectivity index (χ4v) is 2.06. The summed E-state index contributed by atoms with van der Waals surface area (Å²) in [4.78, 5) is 0. The van der Waals surface area contributed by atoms with Gasteiger partial charge in [0.05, 0.1) is 5.41 Å². The minimum absolute atomic E-state index is 0. The molecule has 14 heavy (non-hydrogen) atoms. The third kappa shape index (κ3) is 1.57. The van der Waals surface area contributed by atoms with Crippen molar-refractivity contribution in [2.75, 3.05) is 6.54 Å². The average Bonchev–Trinajstić information content (AvgIpc) is 2.39. The second-order valence-corrected chi connectivity index (χ2v) is 4.15. The molecule has 1 heterocycles. The van der Waals surface area contributed by atoms with Gasteiger partial charge in [0, 0.05) is 11.6 Å². The molecule has 1 nitrogen and oxygen atoms in total. The lowest BCUT2D eigenvalue weighted by molar-refractivity contribution is -0.428. The Morgan fingerprint density at radius 1 is 1.21 bits per heavy atom. The molecule has 0 aliphatic carbocycles. The molecule has 1 aromatic carbocycles. The number of para-hydroxylation sites is 1. The van der Waals surface area contributed by atoms with Crippen molar-refractivity contribution in [2.24, 2.45) is 0 Å². The molecule has 1 aliphatic rings. The van der Waals surface area contributed by atoms with Crippen LogP contribution in [-0.2, 0) is 5.41 Å². The van der Waals surface area contributed by atoms with Gasteiger partial charge in [-0.15, -0.1) is 0 Å². The molecule has 1 aliphatic heterocycles. The van der Waals surface area contributed by atoms with E-state index in [9.17, 15) is 0 Å². The van der Waals surface area contributed by atoms with Gasteiger partial charge in [-0.1, -0.05) is 18.2 Å². The van der Waals surface area contributed by atoms with Crippen LogP contribution in [0.25, 0.3) is 0 Å². The Bertz CT molecular complexity index is 366. The third-order valence-corrected chi connectivity index (χ3v) is 2.73. The Morgan fingerprint density at radius 2 is 1.86 bits per heavy atom. The van der Waals surface area contributed by atoms with Crippen LogP contribution in [0, 0.1) is 0 Å². The highest BCUT2D eigenvalue weighted by atomic mass is 35.5. The molecule has 0 unspecified atom stereocenters.